The van der Waals surface area contributed by atoms with Crippen molar-refractivity contribution in [3.8, 4) is 5.75 Å². The molecule has 0 atom stereocenters. The first-order valence-electron chi connectivity index (χ1n) is 8.01. The Hall–Kier alpha value is -2.90. The van der Waals surface area contributed by atoms with E-state index in [0.717, 1.165) is 10.8 Å². The minimum Gasteiger partial charge on any atom is -0.508 e. The zero-order valence-corrected chi connectivity index (χ0v) is 14.7. The maximum absolute atomic E-state index is 12.4. The van der Waals surface area contributed by atoms with Crippen LogP contribution in [0.3, 0.4) is 0 Å². The van der Waals surface area contributed by atoms with Crippen LogP contribution in [0.5, 0.6) is 5.75 Å². The lowest BCUT2D eigenvalue weighted by Crippen LogP contribution is -2.27. The van der Waals surface area contributed by atoms with Crippen LogP contribution in [0, 0.1) is 0 Å². The Kier molecular flexibility index (Phi) is 5.20. The van der Waals surface area contributed by atoms with Crippen LogP contribution in [0.15, 0.2) is 71.6 Å². The minimum absolute atomic E-state index is 0.0253. The van der Waals surface area contributed by atoms with Gasteiger partial charge in [0.05, 0.1) is 4.90 Å². The molecule has 6 nitrogen and oxygen atoms in total. The Balaban J connectivity index is 1.59. The number of hydrogen-bond donors (Lipinski definition) is 3. The van der Waals surface area contributed by atoms with E-state index in [-0.39, 0.29) is 29.5 Å². The normalized spacial score (nSPS) is 11.4. The van der Waals surface area contributed by atoms with E-state index in [9.17, 15) is 18.3 Å². The number of phenolic OH excluding ortho intramolecular Hbond substituents is 1. The fourth-order valence-corrected chi connectivity index (χ4v) is 3.59. The van der Waals surface area contributed by atoms with Crippen molar-refractivity contribution in [2.24, 2.45) is 0 Å². The summed E-state index contributed by atoms with van der Waals surface area (Å²) in [6, 6.07) is 18.5. The van der Waals surface area contributed by atoms with Crippen molar-refractivity contribution < 1.29 is 18.3 Å². The van der Waals surface area contributed by atoms with Crippen LogP contribution in [-0.4, -0.2) is 26.0 Å². The molecule has 3 aromatic rings. The highest BCUT2D eigenvalue weighted by atomic mass is 32.2. The van der Waals surface area contributed by atoms with Gasteiger partial charge in [-0.3, -0.25) is 4.79 Å². The number of aromatic hydroxyl groups is 1. The molecule has 0 bridgehead atoms. The fourth-order valence-electron chi connectivity index (χ4n) is 2.52. The number of sulfonamides is 1. The van der Waals surface area contributed by atoms with Gasteiger partial charge in [0.1, 0.15) is 5.75 Å². The Labute approximate surface area is 151 Å². The summed E-state index contributed by atoms with van der Waals surface area (Å²) in [5, 5.41) is 13.8. The molecule has 0 aliphatic carbocycles. The fraction of sp³-hybridized carbons (Fsp3) is 0.105. The van der Waals surface area contributed by atoms with E-state index in [1.54, 1.807) is 24.3 Å². The quantitative estimate of drug-likeness (QED) is 0.622. The number of phenols is 1. The molecular weight excluding hydrogens is 352 g/mol. The molecule has 0 saturated carbocycles. The highest BCUT2D eigenvalue weighted by Crippen LogP contribution is 2.19. The van der Waals surface area contributed by atoms with E-state index in [0.29, 0.717) is 5.69 Å². The van der Waals surface area contributed by atoms with Crippen molar-refractivity contribution in [3.63, 3.8) is 0 Å². The molecule has 0 unspecified atom stereocenters. The van der Waals surface area contributed by atoms with Crippen molar-refractivity contribution in [1.82, 2.24) is 4.72 Å². The molecule has 0 saturated heterocycles. The first-order valence-corrected chi connectivity index (χ1v) is 9.50. The summed E-state index contributed by atoms with van der Waals surface area (Å²) < 4.78 is 27.2. The highest BCUT2D eigenvalue weighted by Gasteiger charge is 2.14. The average Bonchev–Trinajstić information content (AvgIpc) is 2.61. The lowest BCUT2D eigenvalue weighted by Gasteiger charge is -2.09. The van der Waals surface area contributed by atoms with E-state index in [1.165, 1.54) is 18.2 Å². The molecule has 0 radical (unpaired) electrons. The highest BCUT2D eigenvalue weighted by molar-refractivity contribution is 7.89. The van der Waals surface area contributed by atoms with Crippen LogP contribution < -0.4 is 10.0 Å². The first-order chi connectivity index (χ1) is 12.4. The van der Waals surface area contributed by atoms with E-state index in [1.807, 2.05) is 24.3 Å². The third-order valence-corrected chi connectivity index (χ3v) is 5.26. The number of carbonyl (C=O) groups excluding carboxylic acids is 1. The van der Waals surface area contributed by atoms with Gasteiger partial charge < -0.3 is 10.4 Å². The van der Waals surface area contributed by atoms with Crippen LogP contribution >= 0.6 is 0 Å². The van der Waals surface area contributed by atoms with Gasteiger partial charge in [0.25, 0.3) is 0 Å². The van der Waals surface area contributed by atoms with Crippen LogP contribution in [0.2, 0.25) is 0 Å². The maximum atomic E-state index is 12.4. The minimum atomic E-state index is -3.70. The zero-order valence-electron chi connectivity index (χ0n) is 13.8. The van der Waals surface area contributed by atoms with Gasteiger partial charge >= 0.3 is 0 Å². The number of carbonyl (C=O) groups is 1. The van der Waals surface area contributed by atoms with Gasteiger partial charge in [0.2, 0.25) is 15.9 Å². The summed E-state index contributed by atoms with van der Waals surface area (Å²) >= 11 is 0. The number of nitrogens with one attached hydrogen (secondary N) is 2. The molecule has 134 valence electrons. The van der Waals surface area contributed by atoms with Crippen LogP contribution in [0.25, 0.3) is 10.8 Å². The molecule has 3 aromatic carbocycles. The van der Waals surface area contributed by atoms with Crippen LogP contribution in [0.4, 0.5) is 5.69 Å². The Morgan fingerprint density at radius 2 is 1.69 bits per heavy atom. The van der Waals surface area contributed by atoms with Crippen molar-refractivity contribution >= 4 is 32.4 Å². The maximum Gasteiger partial charge on any atom is 0.240 e. The molecule has 0 spiro atoms. The second-order valence-electron chi connectivity index (χ2n) is 5.76. The monoisotopic (exact) mass is 370 g/mol. The Morgan fingerprint density at radius 3 is 2.46 bits per heavy atom. The topological polar surface area (TPSA) is 95.5 Å². The van der Waals surface area contributed by atoms with Crippen molar-refractivity contribution in [1.29, 1.82) is 0 Å². The van der Waals surface area contributed by atoms with E-state index < -0.39 is 10.0 Å². The smallest absolute Gasteiger partial charge is 0.240 e. The predicted octanol–water partition coefficient (Wildman–Crippen LogP) is 2.85. The largest absolute Gasteiger partial charge is 0.508 e. The third-order valence-electron chi connectivity index (χ3n) is 3.81. The second kappa shape index (κ2) is 7.55. The molecule has 3 rings (SSSR count). The summed E-state index contributed by atoms with van der Waals surface area (Å²) in [5.41, 5.74) is 0.451. The van der Waals surface area contributed by atoms with Gasteiger partial charge in [-0.05, 0) is 35.0 Å². The molecule has 0 aromatic heterocycles. The molecule has 26 heavy (non-hydrogen) atoms. The van der Waals surface area contributed by atoms with Crippen LogP contribution in [-0.2, 0) is 14.8 Å². The summed E-state index contributed by atoms with van der Waals surface area (Å²) in [6.07, 6.45) is -0.0253. The second-order valence-corrected chi connectivity index (χ2v) is 7.52. The SMILES string of the molecule is O=C(CCNS(=O)(=O)c1ccc2ccccc2c1)Nc1cccc(O)c1. The van der Waals surface area contributed by atoms with Crippen molar-refractivity contribution in [2.75, 3.05) is 11.9 Å². The lowest BCUT2D eigenvalue weighted by atomic mass is 10.1. The summed E-state index contributed by atoms with van der Waals surface area (Å²) in [6.45, 7) is -0.0280. The van der Waals surface area contributed by atoms with Gasteiger partial charge in [0.15, 0.2) is 0 Å². The summed E-state index contributed by atoms with van der Waals surface area (Å²) in [7, 11) is -3.70. The number of anilines is 1. The van der Waals surface area contributed by atoms with Crippen molar-refractivity contribution in [2.45, 2.75) is 11.3 Å². The third kappa shape index (κ3) is 4.38. The van der Waals surface area contributed by atoms with E-state index in [2.05, 4.69) is 10.0 Å². The number of rotatable bonds is 6. The van der Waals surface area contributed by atoms with Crippen molar-refractivity contribution in [3.05, 3.63) is 66.7 Å². The molecule has 1 amide bonds. The van der Waals surface area contributed by atoms with Gasteiger partial charge in [0, 0.05) is 24.7 Å². The summed E-state index contributed by atoms with van der Waals surface area (Å²) in [5.74, 6) is -0.309. The number of fused-ring (bicyclic) bond motifs is 1. The molecule has 0 aliphatic heterocycles. The van der Waals surface area contributed by atoms with Gasteiger partial charge in [-0.2, -0.15) is 0 Å². The molecular formula is C19H18N2O4S. The molecule has 7 heteroatoms. The van der Waals surface area contributed by atoms with Gasteiger partial charge in [-0.1, -0.05) is 36.4 Å². The Bertz CT molecular complexity index is 1050. The number of hydrogen-bond acceptors (Lipinski definition) is 4. The molecule has 3 N–H and O–H groups in total. The predicted molar refractivity (Wildman–Crippen MR) is 100 cm³/mol. The molecule has 0 fully saturated rings. The molecule has 0 aliphatic rings. The number of amides is 1. The first kappa shape index (κ1) is 17.9. The average molecular weight is 370 g/mol. The standard InChI is InChI=1S/C19H18N2O4S/c22-17-7-3-6-16(13-17)21-19(23)10-11-20-26(24,25)18-9-8-14-4-1-2-5-15(14)12-18/h1-9,12-13,20,22H,10-11H2,(H,21,23). The van der Waals surface area contributed by atoms with E-state index >= 15 is 0 Å². The summed E-state index contributed by atoms with van der Waals surface area (Å²) in [4.78, 5) is 12.1. The van der Waals surface area contributed by atoms with E-state index in [4.69, 9.17) is 0 Å². The molecule has 0 heterocycles. The zero-order chi connectivity index (χ0) is 18.6. The lowest BCUT2D eigenvalue weighted by molar-refractivity contribution is -0.116. The van der Waals surface area contributed by atoms with Crippen LogP contribution in [0.1, 0.15) is 6.42 Å². The number of benzene rings is 3. The Morgan fingerprint density at radius 1 is 0.923 bits per heavy atom. The van der Waals surface area contributed by atoms with Gasteiger partial charge in [-0.15, -0.1) is 0 Å². The van der Waals surface area contributed by atoms with Gasteiger partial charge in [-0.25, -0.2) is 13.1 Å².